The maximum absolute atomic E-state index is 11.6. The molecule has 0 aromatic carbocycles. The lowest BCUT2D eigenvalue weighted by Gasteiger charge is -2.24. The lowest BCUT2D eigenvalue weighted by Crippen LogP contribution is -2.39. The van der Waals surface area contributed by atoms with Crippen LogP contribution in [0.5, 0.6) is 0 Å². The first-order valence-electron chi connectivity index (χ1n) is 7.37. The summed E-state index contributed by atoms with van der Waals surface area (Å²) >= 11 is 0. The standard InChI is InChI=1S/C15H30N2O3/c1-11(2)12(3)10-17-14(20)16-9-8-15(4,5)7-6-13(18)19/h11-12H,6-10H2,1-5H3,(H,18,19)(H2,16,17,20). The number of hydrogen-bond donors (Lipinski definition) is 3. The largest absolute Gasteiger partial charge is 0.481 e. The molecule has 0 aliphatic heterocycles. The smallest absolute Gasteiger partial charge is 0.314 e. The molecule has 5 heteroatoms. The SMILES string of the molecule is CC(C)C(C)CNC(=O)NCCC(C)(C)CCC(=O)O. The molecule has 118 valence electrons. The second-order valence-corrected chi connectivity index (χ2v) is 6.67. The van der Waals surface area contributed by atoms with E-state index in [1.54, 1.807) is 0 Å². The second-order valence-electron chi connectivity index (χ2n) is 6.67. The molecule has 5 nitrogen and oxygen atoms in total. The van der Waals surface area contributed by atoms with E-state index >= 15 is 0 Å². The topological polar surface area (TPSA) is 78.4 Å². The van der Waals surface area contributed by atoms with Gasteiger partial charge in [-0.05, 0) is 30.1 Å². The molecular weight excluding hydrogens is 256 g/mol. The molecule has 1 atom stereocenters. The number of nitrogens with one attached hydrogen (secondary N) is 2. The number of hydrogen-bond acceptors (Lipinski definition) is 2. The lowest BCUT2D eigenvalue weighted by molar-refractivity contribution is -0.137. The minimum absolute atomic E-state index is 0.0725. The average Bonchev–Trinajstić information content (AvgIpc) is 2.33. The Hall–Kier alpha value is -1.26. The molecule has 0 radical (unpaired) electrons. The number of carbonyl (C=O) groups excluding carboxylic acids is 1. The summed E-state index contributed by atoms with van der Waals surface area (Å²) in [6, 6.07) is -0.147. The maximum atomic E-state index is 11.6. The van der Waals surface area contributed by atoms with Crippen molar-refractivity contribution in [2.45, 2.75) is 53.9 Å². The highest BCUT2D eigenvalue weighted by molar-refractivity contribution is 5.73. The Bertz CT molecular complexity index is 314. The van der Waals surface area contributed by atoms with Crippen LogP contribution in [-0.2, 0) is 4.79 Å². The molecule has 0 heterocycles. The highest BCUT2D eigenvalue weighted by atomic mass is 16.4. The van der Waals surface area contributed by atoms with E-state index in [9.17, 15) is 9.59 Å². The molecule has 0 aliphatic carbocycles. The predicted octanol–water partition coefficient (Wildman–Crippen LogP) is 2.86. The van der Waals surface area contributed by atoms with Crippen LogP contribution in [-0.4, -0.2) is 30.2 Å². The molecule has 0 aromatic heterocycles. The molecule has 0 aliphatic rings. The zero-order valence-electron chi connectivity index (χ0n) is 13.5. The highest BCUT2D eigenvalue weighted by Crippen LogP contribution is 2.25. The number of carboxylic acid groups (broad SMARTS) is 1. The predicted molar refractivity (Wildman–Crippen MR) is 80.7 cm³/mol. The van der Waals surface area contributed by atoms with E-state index in [-0.39, 0.29) is 17.9 Å². The van der Waals surface area contributed by atoms with Gasteiger partial charge in [-0.15, -0.1) is 0 Å². The summed E-state index contributed by atoms with van der Waals surface area (Å²) in [5, 5.41) is 14.4. The van der Waals surface area contributed by atoms with Crippen molar-refractivity contribution in [3.63, 3.8) is 0 Å². The van der Waals surface area contributed by atoms with Gasteiger partial charge < -0.3 is 15.7 Å². The molecule has 20 heavy (non-hydrogen) atoms. The Balaban J connectivity index is 3.82. The van der Waals surface area contributed by atoms with Crippen molar-refractivity contribution in [2.75, 3.05) is 13.1 Å². The van der Waals surface area contributed by atoms with Gasteiger partial charge in [0.25, 0.3) is 0 Å². The van der Waals surface area contributed by atoms with Gasteiger partial charge in [-0.3, -0.25) is 4.79 Å². The Labute approximate surface area is 122 Å². The van der Waals surface area contributed by atoms with Gasteiger partial charge in [0, 0.05) is 19.5 Å². The van der Waals surface area contributed by atoms with E-state index in [2.05, 4.69) is 31.4 Å². The van der Waals surface area contributed by atoms with Crippen molar-refractivity contribution in [1.82, 2.24) is 10.6 Å². The number of aliphatic carboxylic acids is 1. The Morgan fingerprint density at radius 1 is 1.10 bits per heavy atom. The van der Waals surface area contributed by atoms with Crippen LogP contribution >= 0.6 is 0 Å². The van der Waals surface area contributed by atoms with E-state index in [1.807, 2.05) is 13.8 Å². The van der Waals surface area contributed by atoms with Crippen molar-refractivity contribution in [2.24, 2.45) is 17.3 Å². The third-order valence-electron chi connectivity index (χ3n) is 3.83. The van der Waals surface area contributed by atoms with Gasteiger partial charge >= 0.3 is 12.0 Å². The third kappa shape index (κ3) is 9.64. The number of urea groups is 1. The van der Waals surface area contributed by atoms with Crippen molar-refractivity contribution in [1.29, 1.82) is 0 Å². The van der Waals surface area contributed by atoms with Crippen LogP contribution in [0.15, 0.2) is 0 Å². The van der Waals surface area contributed by atoms with Gasteiger partial charge in [0.1, 0.15) is 0 Å². The first kappa shape index (κ1) is 18.7. The van der Waals surface area contributed by atoms with E-state index in [4.69, 9.17) is 5.11 Å². The minimum atomic E-state index is -0.772. The number of carbonyl (C=O) groups is 2. The second kappa shape index (κ2) is 8.82. The molecule has 0 spiro atoms. The summed E-state index contributed by atoms with van der Waals surface area (Å²) in [4.78, 5) is 22.2. The zero-order valence-corrected chi connectivity index (χ0v) is 13.5. The van der Waals surface area contributed by atoms with E-state index in [0.29, 0.717) is 31.3 Å². The molecule has 3 N–H and O–H groups in total. The molecule has 2 amide bonds. The summed E-state index contributed by atoms with van der Waals surface area (Å²) < 4.78 is 0. The first-order valence-corrected chi connectivity index (χ1v) is 7.37. The summed E-state index contributed by atoms with van der Waals surface area (Å²) in [6.07, 6.45) is 1.56. The Kier molecular flexibility index (Phi) is 8.26. The monoisotopic (exact) mass is 286 g/mol. The maximum Gasteiger partial charge on any atom is 0.314 e. The van der Waals surface area contributed by atoms with Gasteiger partial charge in [-0.2, -0.15) is 0 Å². The van der Waals surface area contributed by atoms with Gasteiger partial charge in [0.2, 0.25) is 0 Å². The van der Waals surface area contributed by atoms with Crippen LogP contribution in [0, 0.1) is 17.3 Å². The van der Waals surface area contributed by atoms with Crippen molar-refractivity contribution in [3.05, 3.63) is 0 Å². The summed E-state index contributed by atoms with van der Waals surface area (Å²) in [5.41, 5.74) is -0.0725. The minimum Gasteiger partial charge on any atom is -0.481 e. The average molecular weight is 286 g/mol. The molecule has 0 aromatic rings. The normalized spacial score (nSPS) is 13.1. The molecule has 1 unspecified atom stereocenters. The van der Waals surface area contributed by atoms with Gasteiger partial charge in [0.15, 0.2) is 0 Å². The number of carboxylic acids is 1. The van der Waals surface area contributed by atoms with Crippen LogP contribution < -0.4 is 10.6 Å². The summed E-state index contributed by atoms with van der Waals surface area (Å²) in [7, 11) is 0. The fourth-order valence-corrected chi connectivity index (χ4v) is 1.64. The Morgan fingerprint density at radius 2 is 1.70 bits per heavy atom. The third-order valence-corrected chi connectivity index (χ3v) is 3.83. The van der Waals surface area contributed by atoms with Crippen LogP contribution in [0.2, 0.25) is 0 Å². The zero-order chi connectivity index (χ0) is 15.8. The first-order chi connectivity index (χ1) is 9.14. The number of amides is 2. The molecule has 0 saturated carbocycles. The van der Waals surface area contributed by atoms with Crippen LogP contribution in [0.3, 0.4) is 0 Å². The fourth-order valence-electron chi connectivity index (χ4n) is 1.64. The molecule has 0 bridgehead atoms. The summed E-state index contributed by atoms with van der Waals surface area (Å²) in [6.45, 7) is 11.7. The fraction of sp³-hybridized carbons (Fsp3) is 0.867. The molecule has 0 fully saturated rings. The van der Waals surface area contributed by atoms with Crippen molar-refractivity contribution in [3.8, 4) is 0 Å². The van der Waals surface area contributed by atoms with Gasteiger partial charge in [-0.25, -0.2) is 4.79 Å². The van der Waals surface area contributed by atoms with E-state index in [1.165, 1.54) is 0 Å². The molecular formula is C15H30N2O3. The van der Waals surface area contributed by atoms with E-state index in [0.717, 1.165) is 6.42 Å². The van der Waals surface area contributed by atoms with Crippen molar-refractivity contribution >= 4 is 12.0 Å². The quantitative estimate of drug-likeness (QED) is 0.610. The van der Waals surface area contributed by atoms with Gasteiger partial charge in [-0.1, -0.05) is 34.6 Å². The number of rotatable bonds is 9. The van der Waals surface area contributed by atoms with Crippen molar-refractivity contribution < 1.29 is 14.7 Å². The highest BCUT2D eigenvalue weighted by Gasteiger charge is 2.19. The lowest BCUT2D eigenvalue weighted by atomic mass is 9.84. The molecule has 0 rings (SSSR count). The van der Waals surface area contributed by atoms with Crippen LogP contribution in [0.1, 0.15) is 53.9 Å². The van der Waals surface area contributed by atoms with Crippen LogP contribution in [0.25, 0.3) is 0 Å². The van der Waals surface area contributed by atoms with Crippen LogP contribution in [0.4, 0.5) is 4.79 Å². The Morgan fingerprint density at radius 3 is 2.20 bits per heavy atom. The van der Waals surface area contributed by atoms with E-state index < -0.39 is 5.97 Å². The summed E-state index contributed by atoms with van der Waals surface area (Å²) in [5.74, 6) is 0.226. The molecule has 0 saturated heterocycles. The van der Waals surface area contributed by atoms with Gasteiger partial charge in [0.05, 0.1) is 0 Å².